The van der Waals surface area contributed by atoms with Gasteiger partial charge < -0.3 is 24.8 Å². The SMILES string of the molecule is COc1c(Cl)cc(C(=O)NCCCNC(=O)OC(C)(C)C)c(Cl)c1OC. The molecule has 0 saturated carbocycles. The number of hydrogen-bond donors (Lipinski definition) is 2. The first-order valence-electron chi connectivity index (χ1n) is 7.95. The van der Waals surface area contributed by atoms with E-state index in [1.165, 1.54) is 20.3 Å². The Balaban J connectivity index is 2.57. The van der Waals surface area contributed by atoms with E-state index in [-0.39, 0.29) is 27.1 Å². The Morgan fingerprint density at radius 2 is 1.62 bits per heavy atom. The lowest BCUT2D eigenvalue weighted by molar-refractivity contribution is 0.0527. The van der Waals surface area contributed by atoms with E-state index in [2.05, 4.69) is 10.6 Å². The maximum atomic E-state index is 12.3. The summed E-state index contributed by atoms with van der Waals surface area (Å²) in [4.78, 5) is 23.8. The predicted molar refractivity (Wildman–Crippen MR) is 101 cm³/mol. The van der Waals surface area contributed by atoms with Crippen molar-refractivity contribution in [1.29, 1.82) is 0 Å². The molecule has 26 heavy (non-hydrogen) atoms. The summed E-state index contributed by atoms with van der Waals surface area (Å²) in [5.74, 6) is 0.0470. The number of rotatable bonds is 7. The molecule has 0 aromatic heterocycles. The van der Waals surface area contributed by atoms with Gasteiger partial charge in [-0.2, -0.15) is 0 Å². The fourth-order valence-electron chi connectivity index (χ4n) is 2.01. The highest BCUT2D eigenvalue weighted by atomic mass is 35.5. The molecule has 0 saturated heterocycles. The van der Waals surface area contributed by atoms with Crippen LogP contribution in [0.1, 0.15) is 37.6 Å². The number of ether oxygens (including phenoxy) is 3. The number of carbonyl (C=O) groups excluding carboxylic acids is 2. The van der Waals surface area contributed by atoms with Gasteiger partial charge in [-0.25, -0.2) is 4.79 Å². The van der Waals surface area contributed by atoms with Crippen LogP contribution in [0.25, 0.3) is 0 Å². The highest BCUT2D eigenvalue weighted by molar-refractivity contribution is 6.38. The van der Waals surface area contributed by atoms with Gasteiger partial charge in [-0.15, -0.1) is 0 Å². The molecule has 2 N–H and O–H groups in total. The Labute approximate surface area is 163 Å². The zero-order valence-corrected chi connectivity index (χ0v) is 17.0. The van der Waals surface area contributed by atoms with Crippen molar-refractivity contribution in [1.82, 2.24) is 10.6 Å². The third-order valence-electron chi connectivity index (χ3n) is 3.09. The number of amides is 2. The monoisotopic (exact) mass is 406 g/mol. The second-order valence-corrected chi connectivity index (χ2v) is 7.11. The van der Waals surface area contributed by atoms with Gasteiger partial charge in [-0.3, -0.25) is 4.79 Å². The second-order valence-electron chi connectivity index (χ2n) is 6.32. The Bertz CT molecular complexity index is 660. The molecule has 7 nitrogen and oxygen atoms in total. The van der Waals surface area contributed by atoms with Crippen molar-refractivity contribution in [3.8, 4) is 11.5 Å². The van der Waals surface area contributed by atoms with Gasteiger partial charge in [0.1, 0.15) is 5.60 Å². The van der Waals surface area contributed by atoms with Crippen LogP contribution in [0.2, 0.25) is 10.0 Å². The van der Waals surface area contributed by atoms with E-state index in [4.69, 9.17) is 37.4 Å². The van der Waals surface area contributed by atoms with Crippen LogP contribution in [0, 0.1) is 0 Å². The zero-order valence-electron chi connectivity index (χ0n) is 15.5. The first-order valence-corrected chi connectivity index (χ1v) is 8.71. The molecule has 146 valence electrons. The van der Waals surface area contributed by atoms with E-state index in [1.807, 2.05) is 0 Å². The average Bonchev–Trinajstić information content (AvgIpc) is 2.53. The van der Waals surface area contributed by atoms with Crippen molar-refractivity contribution in [2.45, 2.75) is 32.8 Å². The molecule has 0 bridgehead atoms. The molecule has 0 aliphatic rings. The molecule has 0 radical (unpaired) electrons. The average molecular weight is 407 g/mol. The van der Waals surface area contributed by atoms with Crippen LogP contribution in [0.5, 0.6) is 11.5 Å². The summed E-state index contributed by atoms with van der Waals surface area (Å²) < 4.78 is 15.4. The lowest BCUT2D eigenvalue weighted by Gasteiger charge is -2.19. The van der Waals surface area contributed by atoms with E-state index in [1.54, 1.807) is 20.8 Å². The molecule has 1 rings (SSSR count). The standard InChI is InChI=1S/C17H24Cl2N2O5/c1-17(2,3)26-16(23)21-8-6-7-20-15(22)10-9-11(18)13(24-4)14(25-5)12(10)19/h9H,6-8H2,1-5H3,(H,20,22)(H,21,23). The molecule has 9 heteroatoms. The summed E-state index contributed by atoms with van der Waals surface area (Å²) in [6.07, 6.45) is 0.0161. The van der Waals surface area contributed by atoms with Gasteiger partial charge >= 0.3 is 6.09 Å². The van der Waals surface area contributed by atoms with Gasteiger partial charge in [0.25, 0.3) is 5.91 Å². The van der Waals surface area contributed by atoms with Crippen molar-refractivity contribution in [2.24, 2.45) is 0 Å². The number of nitrogens with one attached hydrogen (secondary N) is 2. The maximum absolute atomic E-state index is 12.3. The van der Waals surface area contributed by atoms with E-state index >= 15 is 0 Å². The summed E-state index contributed by atoms with van der Waals surface area (Å²) in [7, 11) is 2.83. The van der Waals surface area contributed by atoms with E-state index in [0.29, 0.717) is 19.5 Å². The molecule has 0 atom stereocenters. The van der Waals surface area contributed by atoms with E-state index in [9.17, 15) is 9.59 Å². The topological polar surface area (TPSA) is 85.9 Å². The quantitative estimate of drug-likeness (QED) is 0.674. The third kappa shape index (κ3) is 6.46. The lowest BCUT2D eigenvalue weighted by Crippen LogP contribution is -2.34. The Hall–Kier alpha value is -1.86. The number of benzene rings is 1. The second kappa shape index (κ2) is 9.73. The maximum Gasteiger partial charge on any atom is 0.407 e. The Kier molecular flexibility index (Phi) is 8.30. The normalized spacial score (nSPS) is 10.9. The Morgan fingerprint density at radius 3 is 2.15 bits per heavy atom. The van der Waals surface area contributed by atoms with Crippen LogP contribution in [0.4, 0.5) is 4.79 Å². The van der Waals surface area contributed by atoms with E-state index in [0.717, 1.165) is 0 Å². The summed E-state index contributed by atoms with van der Waals surface area (Å²) >= 11 is 12.3. The summed E-state index contributed by atoms with van der Waals surface area (Å²) in [5.41, 5.74) is -0.378. The fourth-order valence-corrected chi connectivity index (χ4v) is 2.59. The summed E-state index contributed by atoms with van der Waals surface area (Å²) in [6, 6.07) is 1.42. The van der Waals surface area contributed by atoms with Gasteiger partial charge in [0.15, 0.2) is 11.5 Å². The molecular weight excluding hydrogens is 383 g/mol. The van der Waals surface area contributed by atoms with Crippen molar-refractivity contribution in [2.75, 3.05) is 27.3 Å². The third-order valence-corrected chi connectivity index (χ3v) is 3.75. The molecule has 1 aromatic rings. The number of halogens is 2. The molecular formula is C17H24Cl2N2O5. The van der Waals surface area contributed by atoms with Crippen LogP contribution in [-0.2, 0) is 4.74 Å². The zero-order chi connectivity index (χ0) is 19.9. The first kappa shape index (κ1) is 22.2. The van der Waals surface area contributed by atoms with Crippen LogP contribution >= 0.6 is 23.2 Å². The lowest BCUT2D eigenvalue weighted by atomic mass is 10.1. The van der Waals surface area contributed by atoms with Gasteiger partial charge in [0.2, 0.25) is 0 Å². The van der Waals surface area contributed by atoms with Crippen LogP contribution in [0.15, 0.2) is 6.07 Å². The number of hydrogen-bond acceptors (Lipinski definition) is 5. The number of methoxy groups -OCH3 is 2. The largest absolute Gasteiger partial charge is 0.491 e. The van der Waals surface area contributed by atoms with E-state index < -0.39 is 17.6 Å². The first-order chi connectivity index (χ1) is 12.1. The highest BCUT2D eigenvalue weighted by Gasteiger charge is 2.21. The van der Waals surface area contributed by atoms with Crippen LogP contribution in [-0.4, -0.2) is 44.9 Å². The van der Waals surface area contributed by atoms with Crippen molar-refractivity contribution >= 4 is 35.2 Å². The molecule has 0 spiro atoms. The van der Waals surface area contributed by atoms with Crippen LogP contribution in [0.3, 0.4) is 0 Å². The molecule has 0 unspecified atom stereocenters. The predicted octanol–water partition coefficient (Wildman–Crippen LogP) is 3.66. The van der Waals surface area contributed by atoms with Crippen LogP contribution < -0.4 is 20.1 Å². The van der Waals surface area contributed by atoms with Crippen molar-refractivity contribution in [3.05, 3.63) is 21.7 Å². The fraction of sp³-hybridized carbons (Fsp3) is 0.529. The Morgan fingerprint density at radius 1 is 1.04 bits per heavy atom. The summed E-state index contributed by atoms with van der Waals surface area (Å²) in [6.45, 7) is 6.03. The minimum atomic E-state index is -0.554. The number of alkyl carbamates (subject to hydrolysis) is 1. The molecule has 0 aliphatic heterocycles. The highest BCUT2D eigenvalue weighted by Crippen LogP contribution is 2.42. The van der Waals surface area contributed by atoms with Gasteiger partial charge in [-0.1, -0.05) is 23.2 Å². The van der Waals surface area contributed by atoms with Gasteiger partial charge in [0, 0.05) is 13.1 Å². The smallest absolute Gasteiger partial charge is 0.407 e. The summed E-state index contributed by atoms with van der Waals surface area (Å²) in [5, 5.41) is 5.64. The minimum absolute atomic E-state index is 0.109. The number of carbonyl (C=O) groups is 2. The molecule has 2 amide bonds. The van der Waals surface area contributed by atoms with Crippen molar-refractivity contribution in [3.63, 3.8) is 0 Å². The van der Waals surface area contributed by atoms with Crippen molar-refractivity contribution < 1.29 is 23.8 Å². The molecule has 1 aromatic carbocycles. The molecule has 0 heterocycles. The van der Waals surface area contributed by atoms with Gasteiger partial charge in [-0.05, 0) is 33.3 Å². The minimum Gasteiger partial charge on any atom is -0.491 e. The molecule has 0 fully saturated rings. The molecule has 0 aliphatic carbocycles. The van der Waals surface area contributed by atoms with Gasteiger partial charge in [0.05, 0.1) is 29.8 Å².